The predicted molar refractivity (Wildman–Crippen MR) is 108 cm³/mol. The first-order valence-corrected chi connectivity index (χ1v) is 11.1. The molecule has 0 unspecified atom stereocenters. The average Bonchev–Trinajstić information content (AvgIpc) is 3.40. The van der Waals surface area contributed by atoms with Gasteiger partial charge in [0.2, 0.25) is 5.91 Å². The van der Waals surface area contributed by atoms with E-state index in [2.05, 4.69) is 27.7 Å². The maximum absolute atomic E-state index is 12.7. The van der Waals surface area contributed by atoms with Crippen LogP contribution in [0.25, 0.3) is 0 Å². The number of aryl methyl sites for hydroxylation is 1. The molecule has 0 saturated carbocycles. The maximum atomic E-state index is 12.7. The van der Waals surface area contributed by atoms with Gasteiger partial charge in [0, 0.05) is 29.5 Å². The van der Waals surface area contributed by atoms with Crippen molar-refractivity contribution in [2.24, 2.45) is 0 Å². The van der Waals surface area contributed by atoms with E-state index >= 15 is 0 Å². The second kappa shape index (κ2) is 8.53. The van der Waals surface area contributed by atoms with Gasteiger partial charge in [-0.2, -0.15) is 5.26 Å². The molecular formula is C20H23N3O2S2. The van der Waals surface area contributed by atoms with E-state index in [-0.39, 0.29) is 12.0 Å². The maximum Gasteiger partial charge on any atom is 0.239 e. The number of carbonyl (C=O) groups is 1. The third-order valence-electron chi connectivity index (χ3n) is 5.10. The zero-order chi connectivity index (χ0) is 18.6. The highest BCUT2D eigenvalue weighted by Gasteiger charge is 2.25. The van der Waals surface area contributed by atoms with Gasteiger partial charge in [0.25, 0.3) is 0 Å². The predicted octanol–water partition coefficient (Wildman–Crippen LogP) is 3.79. The van der Waals surface area contributed by atoms with Crippen LogP contribution in [0.4, 0.5) is 5.00 Å². The number of hydrogen-bond acceptors (Lipinski definition) is 6. The van der Waals surface area contributed by atoms with Gasteiger partial charge in [-0.15, -0.1) is 22.7 Å². The summed E-state index contributed by atoms with van der Waals surface area (Å²) in [7, 11) is 0. The van der Waals surface area contributed by atoms with Gasteiger partial charge in [-0.3, -0.25) is 9.69 Å². The van der Waals surface area contributed by atoms with E-state index in [0.29, 0.717) is 12.1 Å². The van der Waals surface area contributed by atoms with E-state index in [1.165, 1.54) is 9.75 Å². The van der Waals surface area contributed by atoms with Crippen LogP contribution in [0.3, 0.4) is 0 Å². The largest absolute Gasteiger partial charge is 0.377 e. The second-order valence-electron chi connectivity index (χ2n) is 7.11. The van der Waals surface area contributed by atoms with Crippen LogP contribution >= 0.6 is 22.7 Å². The number of nitrogens with zero attached hydrogens (tertiary/aromatic N) is 2. The van der Waals surface area contributed by atoms with Crippen LogP contribution in [0.1, 0.15) is 40.1 Å². The van der Waals surface area contributed by atoms with Crippen molar-refractivity contribution >= 4 is 33.6 Å². The Balaban J connectivity index is 1.42. The molecule has 0 spiro atoms. The molecule has 5 nitrogen and oxygen atoms in total. The Hall–Kier alpha value is -1.72. The van der Waals surface area contributed by atoms with Crippen LogP contribution in [-0.2, 0) is 28.9 Å². The number of nitriles is 1. The van der Waals surface area contributed by atoms with Crippen LogP contribution in [0, 0.1) is 11.3 Å². The highest BCUT2D eigenvalue weighted by atomic mass is 32.1. The standard InChI is InChI=1S/C20H23N3O2S2/c21-10-17-16-6-1-7-18(16)27-20(17)22-19(24)13-23(11-14-4-2-8-25-14)12-15-5-3-9-26-15/h3,5,9,14H,1-2,4,6-8,11-13H2,(H,22,24)/t14-/m1/s1. The first-order chi connectivity index (χ1) is 13.2. The van der Waals surface area contributed by atoms with Crippen molar-refractivity contribution in [1.82, 2.24) is 4.90 Å². The van der Waals surface area contributed by atoms with Crippen molar-refractivity contribution in [2.45, 2.75) is 44.8 Å². The molecule has 3 heterocycles. The highest BCUT2D eigenvalue weighted by molar-refractivity contribution is 7.16. The lowest BCUT2D eigenvalue weighted by Crippen LogP contribution is -2.37. The Morgan fingerprint density at radius 3 is 3.07 bits per heavy atom. The minimum absolute atomic E-state index is 0.0547. The second-order valence-corrected chi connectivity index (χ2v) is 9.24. The normalized spacial score (nSPS) is 18.6. The molecule has 27 heavy (non-hydrogen) atoms. The Morgan fingerprint density at radius 1 is 1.41 bits per heavy atom. The summed E-state index contributed by atoms with van der Waals surface area (Å²) in [4.78, 5) is 17.4. The minimum atomic E-state index is -0.0547. The fourth-order valence-corrected chi connectivity index (χ4v) is 5.87. The summed E-state index contributed by atoms with van der Waals surface area (Å²) >= 11 is 3.28. The van der Waals surface area contributed by atoms with E-state index < -0.39 is 0 Å². The number of ether oxygens (including phenoxy) is 1. The Kier molecular flexibility index (Phi) is 5.89. The quantitative estimate of drug-likeness (QED) is 0.767. The molecule has 1 fully saturated rings. The Bertz CT molecular complexity index is 832. The minimum Gasteiger partial charge on any atom is -0.377 e. The van der Waals surface area contributed by atoms with Gasteiger partial charge in [0.1, 0.15) is 11.1 Å². The van der Waals surface area contributed by atoms with Crippen LogP contribution in [0.15, 0.2) is 17.5 Å². The Labute approximate surface area is 167 Å². The molecular weight excluding hydrogens is 378 g/mol. The molecule has 1 atom stereocenters. The van der Waals surface area contributed by atoms with Gasteiger partial charge < -0.3 is 10.1 Å². The summed E-state index contributed by atoms with van der Waals surface area (Å²) < 4.78 is 5.77. The van der Waals surface area contributed by atoms with E-state index in [4.69, 9.17) is 4.74 Å². The number of hydrogen-bond donors (Lipinski definition) is 1. The summed E-state index contributed by atoms with van der Waals surface area (Å²) in [5, 5.41) is 15.3. The lowest BCUT2D eigenvalue weighted by Gasteiger charge is -2.24. The fraction of sp³-hybridized carbons (Fsp3) is 0.500. The first-order valence-electron chi connectivity index (χ1n) is 9.43. The molecule has 7 heteroatoms. The smallest absolute Gasteiger partial charge is 0.239 e. The molecule has 2 aromatic rings. The van der Waals surface area contributed by atoms with Gasteiger partial charge in [-0.25, -0.2) is 0 Å². The van der Waals surface area contributed by atoms with Gasteiger partial charge >= 0.3 is 0 Å². The van der Waals surface area contributed by atoms with Crippen LogP contribution in [0.5, 0.6) is 0 Å². The lowest BCUT2D eigenvalue weighted by molar-refractivity contribution is -0.117. The van der Waals surface area contributed by atoms with E-state index in [9.17, 15) is 10.1 Å². The molecule has 1 N–H and O–H groups in total. The zero-order valence-electron chi connectivity index (χ0n) is 15.2. The molecule has 1 aliphatic carbocycles. The van der Waals surface area contributed by atoms with Crippen molar-refractivity contribution < 1.29 is 9.53 Å². The number of rotatable bonds is 7. The molecule has 1 aliphatic heterocycles. The van der Waals surface area contributed by atoms with Crippen molar-refractivity contribution in [3.63, 3.8) is 0 Å². The molecule has 2 aliphatic rings. The number of fused-ring (bicyclic) bond motifs is 1. The SMILES string of the molecule is N#Cc1c(NC(=O)CN(Cc2cccs2)C[C@H]2CCCO2)sc2c1CCC2. The monoisotopic (exact) mass is 401 g/mol. The first kappa shape index (κ1) is 18.6. The van der Waals surface area contributed by atoms with Gasteiger partial charge in [-0.1, -0.05) is 6.07 Å². The molecule has 1 amide bonds. The van der Waals surface area contributed by atoms with Gasteiger partial charge in [-0.05, 0) is 49.1 Å². The molecule has 0 bridgehead atoms. The third-order valence-corrected chi connectivity index (χ3v) is 7.17. The van der Waals surface area contributed by atoms with Gasteiger partial charge in [0.15, 0.2) is 0 Å². The van der Waals surface area contributed by atoms with Crippen molar-refractivity contribution in [3.05, 3.63) is 38.4 Å². The van der Waals surface area contributed by atoms with Crippen LogP contribution < -0.4 is 5.32 Å². The number of carbonyl (C=O) groups excluding carboxylic acids is 1. The average molecular weight is 402 g/mol. The number of amides is 1. The number of nitrogens with one attached hydrogen (secondary N) is 1. The van der Waals surface area contributed by atoms with E-state index in [1.54, 1.807) is 22.7 Å². The van der Waals surface area contributed by atoms with Crippen molar-refractivity contribution in [2.75, 3.05) is 25.0 Å². The number of thiophene rings is 2. The summed E-state index contributed by atoms with van der Waals surface area (Å²) in [6.07, 6.45) is 5.44. The van der Waals surface area contributed by atoms with E-state index in [0.717, 1.165) is 62.4 Å². The highest BCUT2D eigenvalue weighted by Crippen LogP contribution is 2.38. The third kappa shape index (κ3) is 4.41. The molecule has 1 saturated heterocycles. The van der Waals surface area contributed by atoms with Crippen LogP contribution in [0.2, 0.25) is 0 Å². The number of anilines is 1. The molecule has 142 valence electrons. The van der Waals surface area contributed by atoms with Gasteiger partial charge in [0.05, 0.1) is 18.2 Å². The lowest BCUT2D eigenvalue weighted by atomic mass is 10.1. The summed E-state index contributed by atoms with van der Waals surface area (Å²) in [6.45, 7) is 2.63. The van der Waals surface area contributed by atoms with Crippen LogP contribution in [-0.4, -0.2) is 36.6 Å². The summed E-state index contributed by atoms with van der Waals surface area (Å²) in [5.41, 5.74) is 1.82. The topological polar surface area (TPSA) is 65.4 Å². The molecule has 2 aromatic heterocycles. The summed E-state index contributed by atoms with van der Waals surface area (Å²) in [5.74, 6) is -0.0547. The van der Waals surface area contributed by atoms with Crippen molar-refractivity contribution in [3.8, 4) is 6.07 Å². The zero-order valence-corrected chi connectivity index (χ0v) is 16.8. The van der Waals surface area contributed by atoms with E-state index in [1.807, 2.05) is 6.07 Å². The molecule has 0 radical (unpaired) electrons. The summed E-state index contributed by atoms with van der Waals surface area (Å²) in [6, 6.07) is 6.43. The Morgan fingerprint density at radius 2 is 2.33 bits per heavy atom. The van der Waals surface area contributed by atoms with Crippen molar-refractivity contribution in [1.29, 1.82) is 5.26 Å². The molecule has 0 aromatic carbocycles. The molecule has 4 rings (SSSR count). The fourth-order valence-electron chi connectivity index (χ4n) is 3.86.